The highest BCUT2D eigenvalue weighted by molar-refractivity contribution is 5.78. The molecule has 1 heterocycles. The Kier molecular flexibility index (Phi) is 1.37. The van der Waals surface area contributed by atoms with Gasteiger partial charge in [0.1, 0.15) is 0 Å². The Bertz CT molecular complexity index is 234. The summed E-state index contributed by atoms with van der Waals surface area (Å²) in [4.78, 5) is 11.3. The fourth-order valence-corrected chi connectivity index (χ4v) is 3.10. The van der Waals surface area contributed by atoms with E-state index in [1.807, 2.05) is 0 Å². The van der Waals surface area contributed by atoms with Crippen LogP contribution in [0.1, 0.15) is 40.0 Å². The average Bonchev–Trinajstić information content (AvgIpc) is 1.96. The Labute approximate surface area is 73.7 Å². The van der Waals surface area contributed by atoms with Crippen molar-refractivity contribution in [2.24, 2.45) is 11.3 Å². The molecule has 1 saturated carbocycles. The van der Waals surface area contributed by atoms with Crippen LogP contribution in [-0.2, 0) is 4.79 Å². The zero-order chi connectivity index (χ0) is 8.98. The van der Waals surface area contributed by atoms with Crippen LogP contribution in [0, 0.1) is 11.3 Å². The second-order valence-electron chi connectivity index (χ2n) is 5.38. The molecule has 68 valence electrons. The third-order valence-electron chi connectivity index (χ3n) is 3.52. The minimum Gasteiger partial charge on any atom is -0.351 e. The lowest BCUT2D eigenvalue weighted by Gasteiger charge is -2.30. The Morgan fingerprint density at radius 2 is 2.08 bits per heavy atom. The van der Waals surface area contributed by atoms with Gasteiger partial charge in [-0.05, 0) is 31.1 Å². The topological polar surface area (TPSA) is 29.1 Å². The summed E-state index contributed by atoms with van der Waals surface area (Å²) >= 11 is 0. The minimum atomic E-state index is 0.101. The van der Waals surface area contributed by atoms with Crippen molar-refractivity contribution in [2.75, 3.05) is 0 Å². The average molecular weight is 167 g/mol. The Balaban J connectivity index is 2.30. The predicted octanol–water partition coefficient (Wildman–Crippen LogP) is 1.70. The van der Waals surface area contributed by atoms with Crippen LogP contribution in [-0.4, -0.2) is 11.4 Å². The van der Waals surface area contributed by atoms with Crippen LogP contribution in [0.3, 0.4) is 0 Å². The van der Waals surface area contributed by atoms with Gasteiger partial charge in [-0.15, -0.1) is 0 Å². The maximum atomic E-state index is 11.3. The molecule has 0 aromatic heterocycles. The number of fused-ring (bicyclic) bond motifs is 2. The van der Waals surface area contributed by atoms with Crippen molar-refractivity contribution >= 4 is 5.91 Å². The van der Waals surface area contributed by atoms with Crippen molar-refractivity contribution < 1.29 is 4.79 Å². The summed E-state index contributed by atoms with van der Waals surface area (Å²) < 4.78 is 0. The van der Waals surface area contributed by atoms with Gasteiger partial charge in [0.2, 0.25) is 5.91 Å². The molecule has 2 atom stereocenters. The third-order valence-corrected chi connectivity index (χ3v) is 3.52. The van der Waals surface area contributed by atoms with E-state index in [2.05, 4.69) is 26.1 Å². The Morgan fingerprint density at radius 1 is 1.42 bits per heavy atom. The third kappa shape index (κ3) is 1.05. The zero-order valence-electron chi connectivity index (χ0n) is 8.11. The second kappa shape index (κ2) is 2.04. The number of hydrogen-bond donors (Lipinski definition) is 1. The van der Waals surface area contributed by atoms with Gasteiger partial charge in [-0.2, -0.15) is 0 Å². The van der Waals surface area contributed by atoms with Gasteiger partial charge >= 0.3 is 0 Å². The van der Waals surface area contributed by atoms with Crippen molar-refractivity contribution in [1.29, 1.82) is 0 Å². The zero-order valence-corrected chi connectivity index (χ0v) is 8.11. The molecule has 1 saturated heterocycles. The number of hydrogen-bond acceptors (Lipinski definition) is 1. The number of amides is 1. The van der Waals surface area contributed by atoms with E-state index in [-0.39, 0.29) is 11.4 Å². The van der Waals surface area contributed by atoms with Crippen LogP contribution in [0.25, 0.3) is 0 Å². The largest absolute Gasteiger partial charge is 0.351 e. The van der Waals surface area contributed by atoms with Crippen molar-refractivity contribution in [1.82, 2.24) is 5.32 Å². The Hall–Kier alpha value is -0.530. The highest BCUT2D eigenvalue weighted by Crippen LogP contribution is 2.51. The van der Waals surface area contributed by atoms with E-state index < -0.39 is 0 Å². The molecule has 12 heavy (non-hydrogen) atoms. The summed E-state index contributed by atoms with van der Waals surface area (Å²) in [5.41, 5.74) is 0.456. The summed E-state index contributed by atoms with van der Waals surface area (Å²) in [6.45, 7) is 6.73. The number of carbonyl (C=O) groups is 1. The first-order chi connectivity index (χ1) is 5.41. The van der Waals surface area contributed by atoms with Gasteiger partial charge in [-0.25, -0.2) is 0 Å². The molecule has 2 aliphatic rings. The molecular weight excluding hydrogens is 150 g/mol. The lowest BCUT2D eigenvalue weighted by Crippen LogP contribution is -2.47. The van der Waals surface area contributed by atoms with Crippen LogP contribution >= 0.6 is 0 Å². The summed E-state index contributed by atoms with van der Waals surface area (Å²) in [6, 6.07) is 0. The minimum absolute atomic E-state index is 0.101. The summed E-state index contributed by atoms with van der Waals surface area (Å²) in [7, 11) is 0. The summed E-state index contributed by atoms with van der Waals surface area (Å²) in [5, 5.41) is 3.10. The molecule has 0 aromatic rings. The first kappa shape index (κ1) is 8.09. The highest BCUT2D eigenvalue weighted by atomic mass is 16.1. The summed E-state index contributed by atoms with van der Waals surface area (Å²) in [6.07, 6.45) is 3.05. The predicted molar refractivity (Wildman–Crippen MR) is 47.7 cm³/mol. The molecule has 1 N–H and O–H groups in total. The van der Waals surface area contributed by atoms with Crippen molar-refractivity contribution in [3.05, 3.63) is 0 Å². The van der Waals surface area contributed by atoms with E-state index >= 15 is 0 Å². The molecule has 1 aliphatic carbocycles. The van der Waals surface area contributed by atoms with E-state index in [1.54, 1.807) is 0 Å². The van der Waals surface area contributed by atoms with E-state index in [4.69, 9.17) is 0 Å². The van der Waals surface area contributed by atoms with Crippen molar-refractivity contribution in [2.45, 2.75) is 45.6 Å². The van der Waals surface area contributed by atoms with E-state index in [0.29, 0.717) is 11.3 Å². The maximum Gasteiger partial charge on any atom is 0.220 e. The first-order valence-corrected chi connectivity index (χ1v) is 4.72. The second-order valence-corrected chi connectivity index (χ2v) is 5.38. The van der Waals surface area contributed by atoms with Crippen LogP contribution in [0.5, 0.6) is 0 Å². The van der Waals surface area contributed by atoms with Crippen LogP contribution in [0.2, 0.25) is 0 Å². The van der Waals surface area contributed by atoms with Crippen molar-refractivity contribution in [3.63, 3.8) is 0 Å². The molecule has 2 fully saturated rings. The van der Waals surface area contributed by atoms with Gasteiger partial charge in [-0.3, -0.25) is 4.79 Å². The normalized spacial score (nSPS) is 44.2. The fourth-order valence-electron chi connectivity index (χ4n) is 3.10. The highest BCUT2D eigenvalue weighted by Gasteiger charge is 2.51. The molecular formula is C10H17NO. The number of carbonyl (C=O) groups excluding carboxylic acids is 1. The van der Waals surface area contributed by atoms with Crippen LogP contribution < -0.4 is 5.32 Å². The van der Waals surface area contributed by atoms with Crippen LogP contribution in [0.4, 0.5) is 0 Å². The molecule has 2 heteroatoms. The lowest BCUT2D eigenvalue weighted by molar-refractivity contribution is -0.125. The molecule has 0 aromatic carbocycles. The molecule has 2 unspecified atom stereocenters. The molecule has 0 spiro atoms. The quantitative estimate of drug-likeness (QED) is 0.584. The van der Waals surface area contributed by atoms with Gasteiger partial charge in [0.15, 0.2) is 0 Å². The molecule has 1 amide bonds. The number of nitrogens with one attached hydrogen (secondary N) is 1. The first-order valence-electron chi connectivity index (χ1n) is 4.72. The van der Waals surface area contributed by atoms with Gasteiger partial charge in [0, 0.05) is 12.0 Å². The number of piperidine rings is 1. The molecule has 2 rings (SSSR count). The SMILES string of the molecule is CC12CC(CC(=O)N1)C(C)(C)C2. The molecule has 0 radical (unpaired) electrons. The van der Waals surface area contributed by atoms with E-state index in [0.717, 1.165) is 12.8 Å². The standard InChI is InChI=1S/C10H17NO/c1-9(2)6-10(3)5-7(9)4-8(12)11-10/h7H,4-6H2,1-3H3,(H,11,12). The monoisotopic (exact) mass is 167 g/mol. The smallest absolute Gasteiger partial charge is 0.220 e. The Morgan fingerprint density at radius 3 is 2.67 bits per heavy atom. The van der Waals surface area contributed by atoms with E-state index in [1.165, 1.54) is 6.42 Å². The van der Waals surface area contributed by atoms with Crippen LogP contribution in [0.15, 0.2) is 0 Å². The van der Waals surface area contributed by atoms with E-state index in [9.17, 15) is 4.79 Å². The van der Waals surface area contributed by atoms with Gasteiger partial charge in [0.25, 0.3) is 0 Å². The summed E-state index contributed by atoms with van der Waals surface area (Å²) in [5.74, 6) is 0.857. The fraction of sp³-hybridized carbons (Fsp3) is 0.900. The van der Waals surface area contributed by atoms with Gasteiger partial charge < -0.3 is 5.32 Å². The number of rotatable bonds is 0. The molecule has 1 aliphatic heterocycles. The molecule has 2 nitrogen and oxygen atoms in total. The van der Waals surface area contributed by atoms with Gasteiger partial charge in [-0.1, -0.05) is 13.8 Å². The van der Waals surface area contributed by atoms with Crippen molar-refractivity contribution in [3.8, 4) is 0 Å². The van der Waals surface area contributed by atoms with Gasteiger partial charge in [0.05, 0.1) is 0 Å². The maximum absolute atomic E-state index is 11.3. The lowest BCUT2D eigenvalue weighted by atomic mass is 9.80. The molecule has 2 bridgehead atoms.